The van der Waals surface area contributed by atoms with Crippen LogP contribution >= 0.6 is 11.6 Å². The van der Waals surface area contributed by atoms with Gasteiger partial charge in [0, 0.05) is 11.1 Å². The van der Waals surface area contributed by atoms with Gasteiger partial charge in [-0.2, -0.15) is 0 Å². The number of benzene rings is 2. The van der Waals surface area contributed by atoms with E-state index in [0.717, 1.165) is 23.5 Å². The Hall–Kier alpha value is -2.93. The highest BCUT2D eigenvalue weighted by atomic mass is 35.5. The molecule has 7 nitrogen and oxygen atoms in total. The fraction of sp³-hybridized carbons (Fsp3) is 0.222. The summed E-state index contributed by atoms with van der Waals surface area (Å²) >= 11 is 5.99. The van der Waals surface area contributed by atoms with Crippen LogP contribution in [0, 0.1) is 10.1 Å². The lowest BCUT2D eigenvalue weighted by Crippen LogP contribution is -2.32. The monoisotopic (exact) mass is 375 g/mol. The minimum Gasteiger partial charge on any atom is -0.485 e. The van der Waals surface area contributed by atoms with Gasteiger partial charge in [-0.25, -0.2) is 4.79 Å². The number of nitro benzene ring substituents is 1. The predicted molar refractivity (Wildman–Crippen MR) is 93.1 cm³/mol. The van der Waals surface area contributed by atoms with E-state index in [1.807, 2.05) is 0 Å². The Balaban J connectivity index is 1.90. The fourth-order valence-electron chi connectivity index (χ4n) is 3.18. The molecule has 1 unspecified atom stereocenters. The Morgan fingerprint density at radius 2 is 2.12 bits per heavy atom. The second-order valence-electron chi connectivity index (χ2n) is 6.11. The van der Waals surface area contributed by atoms with Gasteiger partial charge in [0.05, 0.1) is 15.9 Å². The van der Waals surface area contributed by atoms with Gasteiger partial charge in [0.25, 0.3) is 0 Å². The van der Waals surface area contributed by atoms with E-state index < -0.39 is 22.0 Å². The fourth-order valence-corrected chi connectivity index (χ4v) is 3.37. The number of nitrogens with zero attached hydrogens (tertiary/aromatic N) is 1. The molecule has 134 valence electrons. The molecule has 3 rings (SSSR count). The number of aldehydes is 1. The van der Waals surface area contributed by atoms with Gasteiger partial charge in [-0.15, -0.1) is 0 Å². The number of nitro groups is 1. The van der Waals surface area contributed by atoms with Crippen molar-refractivity contribution < 1.29 is 24.4 Å². The van der Waals surface area contributed by atoms with Crippen LogP contribution in [-0.2, 0) is 16.6 Å². The zero-order valence-electron chi connectivity index (χ0n) is 13.5. The van der Waals surface area contributed by atoms with Crippen LogP contribution in [0.15, 0.2) is 36.4 Å². The molecule has 0 heterocycles. The van der Waals surface area contributed by atoms with Crippen LogP contribution in [0.25, 0.3) is 0 Å². The van der Waals surface area contributed by atoms with Crippen molar-refractivity contribution in [1.29, 1.82) is 0 Å². The average molecular weight is 376 g/mol. The molecule has 0 saturated heterocycles. The van der Waals surface area contributed by atoms with Crippen LogP contribution in [0.3, 0.4) is 0 Å². The van der Waals surface area contributed by atoms with E-state index >= 15 is 0 Å². The molecule has 0 radical (unpaired) electrons. The van der Waals surface area contributed by atoms with Crippen LogP contribution in [0.2, 0.25) is 5.02 Å². The van der Waals surface area contributed by atoms with Gasteiger partial charge >= 0.3 is 11.7 Å². The van der Waals surface area contributed by atoms with Crippen LogP contribution in [0.4, 0.5) is 5.69 Å². The van der Waals surface area contributed by atoms with Gasteiger partial charge in [-0.3, -0.25) is 10.1 Å². The Bertz CT molecular complexity index is 913. The van der Waals surface area contributed by atoms with Crippen molar-refractivity contribution in [3.05, 3.63) is 68.2 Å². The van der Waals surface area contributed by atoms with E-state index in [1.54, 1.807) is 18.2 Å². The molecule has 2 aromatic rings. The number of carbonyl (C=O) groups is 2. The number of hydrogen-bond acceptors (Lipinski definition) is 5. The van der Waals surface area contributed by atoms with Gasteiger partial charge in [0.15, 0.2) is 5.75 Å². The molecule has 1 aliphatic carbocycles. The molecule has 2 aromatic carbocycles. The maximum absolute atomic E-state index is 11.8. The first-order valence-corrected chi connectivity index (χ1v) is 8.14. The number of ether oxygens (including phenoxy) is 1. The highest BCUT2D eigenvalue weighted by Gasteiger charge is 2.40. The van der Waals surface area contributed by atoms with Crippen molar-refractivity contribution in [1.82, 2.24) is 0 Å². The van der Waals surface area contributed by atoms with E-state index in [-0.39, 0.29) is 17.9 Å². The van der Waals surface area contributed by atoms with Crippen molar-refractivity contribution in [3.8, 4) is 5.75 Å². The van der Waals surface area contributed by atoms with Gasteiger partial charge < -0.3 is 14.6 Å². The molecule has 0 bridgehead atoms. The highest BCUT2D eigenvalue weighted by molar-refractivity contribution is 6.30. The van der Waals surface area contributed by atoms with Gasteiger partial charge in [-0.05, 0) is 48.2 Å². The second kappa shape index (κ2) is 6.76. The number of halogens is 1. The number of carbonyl (C=O) groups excluding carboxylic acids is 1. The number of carboxylic acids is 1. The first-order chi connectivity index (χ1) is 12.4. The van der Waals surface area contributed by atoms with Crippen LogP contribution in [-0.4, -0.2) is 28.9 Å². The molecule has 1 atom stereocenters. The van der Waals surface area contributed by atoms with Crippen LogP contribution < -0.4 is 4.74 Å². The summed E-state index contributed by atoms with van der Waals surface area (Å²) in [6.07, 6.45) is 1.95. The zero-order valence-corrected chi connectivity index (χ0v) is 14.2. The predicted octanol–water partition coefficient (Wildman–Crippen LogP) is 3.41. The molecular weight excluding hydrogens is 362 g/mol. The first kappa shape index (κ1) is 17.9. The largest absolute Gasteiger partial charge is 0.485 e. The quantitative estimate of drug-likeness (QED) is 0.471. The summed E-state index contributed by atoms with van der Waals surface area (Å²) in [4.78, 5) is 33.3. The standard InChI is InChI=1S/C18H14ClNO6/c19-13-2-3-14-11(7-13)5-6-18(14,9-21)10-26-16-4-1-12(17(22)23)8-15(16)20(24)25/h1-4,7-9H,5-6,10H2,(H,22,23). The number of aromatic carboxylic acids is 1. The summed E-state index contributed by atoms with van der Waals surface area (Å²) < 4.78 is 5.60. The number of rotatable bonds is 6. The number of carboxylic acid groups (broad SMARTS) is 1. The topological polar surface area (TPSA) is 107 Å². The third-order valence-electron chi connectivity index (χ3n) is 4.56. The molecular formula is C18H14ClNO6. The second-order valence-corrected chi connectivity index (χ2v) is 6.55. The van der Waals surface area contributed by atoms with Gasteiger partial charge in [0.1, 0.15) is 12.9 Å². The normalized spacial score (nSPS) is 18.2. The lowest BCUT2D eigenvalue weighted by atomic mass is 9.84. The lowest BCUT2D eigenvalue weighted by molar-refractivity contribution is -0.385. The minimum absolute atomic E-state index is 0.0800. The van der Waals surface area contributed by atoms with E-state index in [1.165, 1.54) is 12.1 Å². The number of hydrogen-bond donors (Lipinski definition) is 1. The molecule has 0 fully saturated rings. The van der Waals surface area contributed by atoms with E-state index in [0.29, 0.717) is 17.9 Å². The smallest absolute Gasteiger partial charge is 0.335 e. The number of fused-ring (bicyclic) bond motifs is 1. The summed E-state index contributed by atoms with van der Waals surface area (Å²) in [6.45, 7) is -0.0849. The summed E-state index contributed by atoms with van der Waals surface area (Å²) in [6, 6.07) is 8.65. The molecule has 0 aliphatic heterocycles. The lowest BCUT2D eigenvalue weighted by Gasteiger charge is -2.24. The Morgan fingerprint density at radius 3 is 2.77 bits per heavy atom. The average Bonchev–Trinajstić information content (AvgIpc) is 2.97. The van der Waals surface area contributed by atoms with E-state index in [2.05, 4.69) is 0 Å². The molecule has 0 saturated carbocycles. The molecule has 26 heavy (non-hydrogen) atoms. The summed E-state index contributed by atoms with van der Waals surface area (Å²) in [5.41, 5.74) is 0.153. The Kier molecular flexibility index (Phi) is 4.65. The van der Waals surface area contributed by atoms with Gasteiger partial charge in [-0.1, -0.05) is 17.7 Å². The van der Waals surface area contributed by atoms with Crippen molar-refractivity contribution in [2.45, 2.75) is 18.3 Å². The molecule has 8 heteroatoms. The zero-order chi connectivity index (χ0) is 18.9. The minimum atomic E-state index is -1.27. The SMILES string of the molecule is O=CC1(COc2ccc(C(=O)O)cc2[N+](=O)[O-])CCc2cc(Cl)ccc21. The van der Waals surface area contributed by atoms with Crippen LogP contribution in [0.5, 0.6) is 5.75 Å². The Morgan fingerprint density at radius 1 is 1.35 bits per heavy atom. The van der Waals surface area contributed by atoms with Crippen molar-refractivity contribution in [2.24, 2.45) is 0 Å². The summed E-state index contributed by atoms with van der Waals surface area (Å²) in [5, 5.41) is 20.8. The maximum Gasteiger partial charge on any atom is 0.335 e. The first-order valence-electron chi connectivity index (χ1n) is 7.76. The van der Waals surface area contributed by atoms with Crippen molar-refractivity contribution in [2.75, 3.05) is 6.61 Å². The van der Waals surface area contributed by atoms with Crippen molar-refractivity contribution >= 4 is 29.5 Å². The Labute approximate surface area is 153 Å². The third-order valence-corrected chi connectivity index (χ3v) is 4.79. The van der Waals surface area contributed by atoms with E-state index in [9.17, 15) is 19.7 Å². The molecule has 1 N–H and O–H groups in total. The number of aryl methyl sites for hydroxylation is 1. The summed E-state index contributed by atoms with van der Waals surface area (Å²) in [7, 11) is 0. The summed E-state index contributed by atoms with van der Waals surface area (Å²) in [5.74, 6) is -1.35. The van der Waals surface area contributed by atoms with Crippen molar-refractivity contribution in [3.63, 3.8) is 0 Å². The molecule has 0 spiro atoms. The molecule has 1 aliphatic rings. The molecule has 0 amide bonds. The van der Waals surface area contributed by atoms with Gasteiger partial charge in [0.2, 0.25) is 0 Å². The van der Waals surface area contributed by atoms with E-state index in [4.69, 9.17) is 21.4 Å². The molecule has 0 aromatic heterocycles. The third kappa shape index (κ3) is 3.13. The highest BCUT2D eigenvalue weighted by Crippen LogP contribution is 2.40. The van der Waals surface area contributed by atoms with Crippen LogP contribution in [0.1, 0.15) is 27.9 Å². The maximum atomic E-state index is 11.8.